The predicted octanol–water partition coefficient (Wildman–Crippen LogP) is 5.23. The molecule has 1 aromatic heterocycles. The van der Waals surface area contributed by atoms with Gasteiger partial charge < -0.3 is 19.8 Å². The van der Waals surface area contributed by atoms with Crippen LogP contribution in [0.3, 0.4) is 0 Å². The fourth-order valence-corrected chi connectivity index (χ4v) is 3.94. The minimum Gasteiger partial charge on any atom is -0.494 e. The molecular weight excluding hydrogens is 348 g/mol. The van der Waals surface area contributed by atoms with Gasteiger partial charge in [-0.05, 0) is 67.1 Å². The standard InChI is InChI=1S/C24H30N2O2/c1-4-27-19-8-9-22-21(15-19)20-10-12-25-23(24(20)26-22)17-6-5-7-18(14-17)28-13-11-16(2)3/h5-9,14-16,23,25-26H,4,10-13H2,1-3H3. The SMILES string of the molecule is CCOc1ccc2[nH]c3c(c2c1)CCNC3c1cccc(OCCC(C)C)c1. The van der Waals surface area contributed by atoms with Crippen LogP contribution in [0.1, 0.15) is 50.1 Å². The van der Waals surface area contributed by atoms with Crippen LogP contribution in [0.4, 0.5) is 0 Å². The van der Waals surface area contributed by atoms with Crippen molar-refractivity contribution in [2.24, 2.45) is 5.92 Å². The summed E-state index contributed by atoms with van der Waals surface area (Å²) < 4.78 is 11.7. The van der Waals surface area contributed by atoms with E-state index >= 15 is 0 Å². The lowest BCUT2D eigenvalue weighted by molar-refractivity contribution is 0.289. The Labute approximate surface area is 167 Å². The van der Waals surface area contributed by atoms with Gasteiger partial charge in [0.15, 0.2) is 0 Å². The molecule has 0 saturated carbocycles. The lowest BCUT2D eigenvalue weighted by atomic mass is 9.94. The highest BCUT2D eigenvalue weighted by atomic mass is 16.5. The molecule has 1 aliphatic heterocycles. The lowest BCUT2D eigenvalue weighted by Gasteiger charge is -2.25. The summed E-state index contributed by atoms with van der Waals surface area (Å²) in [6.07, 6.45) is 2.09. The van der Waals surface area contributed by atoms with Crippen LogP contribution in [0.2, 0.25) is 0 Å². The van der Waals surface area contributed by atoms with E-state index in [1.54, 1.807) is 0 Å². The van der Waals surface area contributed by atoms with Crippen LogP contribution >= 0.6 is 0 Å². The third-order valence-corrected chi connectivity index (χ3v) is 5.39. The Hall–Kier alpha value is -2.46. The number of rotatable bonds is 7. The summed E-state index contributed by atoms with van der Waals surface area (Å²) in [6.45, 7) is 8.87. The molecule has 0 bridgehead atoms. The highest BCUT2D eigenvalue weighted by Gasteiger charge is 2.25. The van der Waals surface area contributed by atoms with E-state index < -0.39 is 0 Å². The molecule has 1 aliphatic rings. The van der Waals surface area contributed by atoms with Gasteiger partial charge in [0.2, 0.25) is 0 Å². The second-order valence-electron chi connectivity index (χ2n) is 7.90. The molecule has 4 heteroatoms. The summed E-state index contributed by atoms with van der Waals surface area (Å²) in [5, 5.41) is 4.95. The van der Waals surface area contributed by atoms with Crippen molar-refractivity contribution in [3.05, 3.63) is 59.3 Å². The topological polar surface area (TPSA) is 46.3 Å². The molecule has 148 valence electrons. The van der Waals surface area contributed by atoms with Crippen LogP contribution in [-0.2, 0) is 6.42 Å². The number of benzene rings is 2. The predicted molar refractivity (Wildman–Crippen MR) is 114 cm³/mol. The van der Waals surface area contributed by atoms with E-state index in [4.69, 9.17) is 9.47 Å². The Kier molecular flexibility index (Phi) is 5.58. The van der Waals surface area contributed by atoms with Gasteiger partial charge in [-0.2, -0.15) is 0 Å². The Morgan fingerprint density at radius 1 is 1.07 bits per heavy atom. The molecule has 2 heterocycles. The van der Waals surface area contributed by atoms with Gasteiger partial charge >= 0.3 is 0 Å². The normalized spacial score (nSPS) is 16.4. The van der Waals surface area contributed by atoms with E-state index in [1.807, 2.05) is 19.1 Å². The molecule has 4 rings (SSSR count). The van der Waals surface area contributed by atoms with E-state index in [9.17, 15) is 0 Å². The minimum atomic E-state index is 0.153. The molecule has 3 aromatic rings. The monoisotopic (exact) mass is 378 g/mol. The molecule has 28 heavy (non-hydrogen) atoms. The van der Waals surface area contributed by atoms with E-state index in [-0.39, 0.29) is 6.04 Å². The highest BCUT2D eigenvalue weighted by Crippen LogP contribution is 2.35. The number of aromatic amines is 1. The van der Waals surface area contributed by atoms with Crippen molar-refractivity contribution >= 4 is 10.9 Å². The van der Waals surface area contributed by atoms with Crippen molar-refractivity contribution in [1.82, 2.24) is 10.3 Å². The molecule has 1 atom stereocenters. The van der Waals surface area contributed by atoms with E-state index in [2.05, 4.69) is 54.5 Å². The van der Waals surface area contributed by atoms with E-state index in [0.29, 0.717) is 12.5 Å². The number of hydrogen-bond acceptors (Lipinski definition) is 3. The van der Waals surface area contributed by atoms with Crippen LogP contribution in [0, 0.1) is 5.92 Å². The largest absolute Gasteiger partial charge is 0.494 e. The Morgan fingerprint density at radius 2 is 1.93 bits per heavy atom. The Morgan fingerprint density at radius 3 is 2.75 bits per heavy atom. The number of nitrogens with one attached hydrogen (secondary N) is 2. The van der Waals surface area contributed by atoms with Crippen molar-refractivity contribution in [3.63, 3.8) is 0 Å². The first-order chi connectivity index (χ1) is 13.7. The van der Waals surface area contributed by atoms with Crippen molar-refractivity contribution in [3.8, 4) is 11.5 Å². The molecule has 2 aromatic carbocycles. The van der Waals surface area contributed by atoms with E-state index in [1.165, 1.54) is 27.7 Å². The zero-order valence-electron chi connectivity index (χ0n) is 17.0. The molecule has 0 saturated heterocycles. The van der Waals surface area contributed by atoms with Gasteiger partial charge in [0.25, 0.3) is 0 Å². The molecule has 0 fully saturated rings. The molecule has 0 aliphatic carbocycles. The maximum atomic E-state index is 5.98. The number of H-pyrrole nitrogens is 1. The van der Waals surface area contributed by atoms with Gasteiger partial charge in [-0.15, -0.1) is 0 Å². The summed E-state index contributed by atoms with van der Waals surface area (Å²) in [7, 11) is 0. The summed E-state index contributed by atoms with van der Waals surface area (Å²) >= 11 is 0. The van der Waals surface area contributed by atoms with Gasteiger partial charge in [0, 0.05) is 23.1 Å². The zero-order chi connectivity index (χ0) is 19.5. The molecular formula is C24H30N2O2. The van der Waals surface area contributed by atoms with Crippen LogP contribution in [0.5, 0.6) is 11.5 Å². The molecule has 4 nitrogen and oxygen atoms in total. The molecule has 2 N–H and O–H groups in total. The first-order valence-electron chi connectivity index (χ1n) is 10.4. The van der Waals surface area contributed by atoms with Crippen molar-refractivity contribution in [2.45, 2.75) is 39.7 Å². The van der Waals surface area contributed by atoms with Crippen LogP contribution < -0.4 is 14.8 Å². The van der Waals surface area contributed by atoms with Gasteiger partial charge in [-0.1, -0.05) is 26.0 Å². The van der Waals surface area contributed by atoms with E-state index in [0.717, 1.165) is 37.5 Å². The van der Waals surface area contributed by atoms with Gasteiger partial charge in [-0.25, -0.2) is 0 Å². The quantitative estimate of drug-likeness (QED) is 0.592. The third-order valence-electron chi connectivity index (χ3n) is 5.39. The third kappa shape index (κ3) is 3.88. The Bertz CT molecular complexity index is 945. The first kappa shape index (κ1) is 18.9. The van der Waals surface area contributed by atoms with Crippen LogP contribution in [0.15, 0.2) is 42.5 Å². The molecule has 0 radical (unpaired) electrons. The fraction of sp³-hybridized carbons (Fsp3) is 0.417. The smallest absolute Gasteiger partial charge is 0.120 e. The van der Waals surface area contributed by atoms with Crippen molar-refractivity contribution in [2.75, 3.05) is 19.8 Å². The zero-order valence-corrected chi connectivity index (χ0v) is 17.0. The maximum absolute atomic E-state index is 5.98. The second kappa shape index (κ2) is 8.27. The van der Waals surface area contributed by atoms with Crippen LogP contribution in [-0.4, -0.2) is 24.7 Å². The summed E-state index contributed by atoms with van der Waals surface area (Å²) in [5.41, 5.74) is 5.06. The summed E-state index contributed by atoms with van der Waals surface area (Å²) in [6, 6.07) is 15.0. The highest BCUT2D eigenvalue weighted by molar-refractivity contribution is 5.86. The molecule has 0 spiro atoms. The maximum Gasteiger partial charge on any atom is 0.120 e. The number of fused-ring (bicyclic) bond motifs is 3. The number of ether oxygens (including phenoxy) is 2. The Balaban J connectivity index is 1.63. The van der Waals surface area contributed by atoms with Gasteiger partial charge in [0.1, 0.15) is 11.5 Å². The fourth-order valence-electron chi connectivity index (χ4n) is 3.94. The summed E-state index contributed by atoms with van der Waals surface area (Å²) in [4.78, 5) is 3.65. The number of hydrogen-bond donors (Lipinski definition) is 2. The first-order valence-corrected chi connectivity index (χ1v) is 10.4. The molecule has 1 unspecified atom stereocenters. The lowest BCUT2D eigenvalue weighted by Crippen LogP contribution is -2.30. The van der Waals surface area contributed by atoms with Gasteiger partial charge in [0.05, 0.1) is 19.3 Å². The van der Waals surface area contributed by atoms with Gasteiger partial charge in [-0.3, -0.25) is 0 Å². The number of aromatic nitrogens is 1. The van der Waals surface area contributed by atoms with Crippen molar-refractivity contribution in [1.29, 1.82) is 0 Å². The average molecular weight is 379 g/mol. The second-order valence-corrected chi connectivity index (χ2v) is 7.90. The summed E-state index contributed by atoms with van der Waals surface area (Å²) in [5.74, 6) is 2.54. The minimum absolute atomic E-state index is 0.153. The van der Waals surface area contributed by atoms with Crippen molar-refractivity contribution < 1.29 is 9.47 Å². The average Bonchev–Trinajstić information content (AvgIpc) is 3.06. The molecule has 0 amide bonds. The van der Waals surface area contributed by atoms with Crippen LogP contribution in [0.25, 0.3) is 10.9 Å².